The molecule has 1 atom stereocenters. The Morgan fingerprint density at radius 2 is 1.81 bits per heavy atom. The lowest BCUT2D eigenvalue weighted by Crippen LogP contribution is -2.23. The van der Waals surface area contributed by atoms with Crippen molar-refractivity contribution in [2.24, 2.45) is 0 Å². The number of rotatable bonds is 2. The highest BCUT2D eigenvalue weighted by molar-refractivity contribution is 6.31. The van der Waals surface area contributed by atoms with Crippen molar-refractivity contribution in [1.82, 2.24) is 24.6 Å². The first-order chi connectivity index (χ1) is 17.6. The third kappa shape index (κ3) is 2.96. The average Bonchev–Trinajstić information content (AvgIpc) is 3.33. The molecule has 0 aliphatic carbocycles. The molecule has 7 rings (SSSR count). The molecule has 10 heteroatoms. The van der Waals surface area contributed by atoms with Crippen LogP contribution in [0.3, 0.4) is 0 Å². The number of benzene rings is 2. The predicted octanol–water partition coefficient (Wildman–Crippen LogP) is 5.37. The van der Waals surface area contributed by atoms with E-state index in [1.54, 1.807) is 54.9 Å². The van der Waals surface area contributed by atoms with E-state index in [9.17, 15) is 4.79 Å². The molecule has 1 unspecified atom stereocenters. The Kier molecular flexibility index (Phi) is 4.43. The molecule has 174 valence electrons. The average molecular weight is 498 g/mol. The van der Waals surface area contributed by atoms with E-state index in [2.05, 4.69) is 15.1 Å². The minimum absolute atomic E-state index is 0.0934. The van der Waals surface area contributed by atoms with Gasteiger partial charge < -0.3 is 9.15 Å². The molecule has 6 aromatic rings. The zero-order valence-electron chi connectivity index (χ0n) is 18.2. The zero-order chi connectivity index (χ0) is 24.4. The second-order valence-corrected chi connectivity index (χ2v) is 8.61. The second kappa shape index (κ2) is 7.69. The van der Waals surface area contributed by atoms with Crippen molar-refractivity contribution in [2.45, 2.75) is 5.92 Å². The normalized spacial score (nSPS) is 14.4. The third-order valence-corrected chi connectivity index (χ3v) is 6.52. The van der Waals surface area contributed by atoms with E-state index in [1.807, 2.05) is 0 Å². The van der Waals surface area contributed by atoms with Gasteiger partial charge in [0, 0.05) is 28.5 Å². The number of fused-ring (bicyclic) bond motifs is 6. The molecule has 2 aromatic carbocycles. The molecular weight excluding hydrogens is 485 g/mol. The van der Waals surface area contributed by atoms with Crippen molar-refractivity contribution >= 4 is 28.2 Å². The first-order valence-electron chi connectivity index (χ1n) is 10.9. The van der Waals surface area contributed by atoms with Gasteiger partial charge in [-0.3, -0.25) is 4.98 Å². The number of ether oxygens (including phenoxy) is 1. The van der Waals surface area contributed by atoms with Crippen LogP contribution in [0.5, 0.6) is 11.6 Å². The molecule has 0 saturated heterocycles. The van der Waals surface area contributed by atoms with Crippen LogP contribution in [-0.4, -0.2) is 24.6 Å². The fraction of sp³-hybridized carbons (Fsp3) is 0.0385. The standard InChI is InChI=1S/C26H13ClFN5O3/c27-15-5-3-6-16(28)18(15)19-20-22(14-4-1-2-7-17(14)35-26(20)34)36-25-21(19)24-31-23(32-33(24)12-30-25)13-8-10-29-11-9-13/h1-12,19H. The van der Waals surface area contributed by atoms with Crippen LogP contribution in [-0.2, 0) is 0 Å². The summed E-state index contributed by atoms with van der Waals surface area (Å²) in [5.41, 5.74) is 1.29. The van der Waals surface area contributed by atoms with Gasteiger partial charge in [-0.1, -0.05) is 29.8 Å². The number of aromatic nitrogens is 5. The van der Waals surface area contributed by atoms with Crippen molar-refractivity contribution in [3.05, 3.63) is 111 Å². The van der Waals surface area contributed by atoms with Crippen LogP contribution in [0.1, 0.15) is 22.6 Å². The van der Waals surface area contributed by atoms with Gasteiger partial charge in [-0.25, -0.2) is 23.7 Å². The van der Waals surface area contributed by atoms with E-state index < -0.39 is 17.4 Å². The summed E-state index contributed by atoms with van der Waals surface area (Å²) in [6.45, 7) is 0. The first kappa shape index (κ1) is 20.7. The number of halogens is 2. The molecule has 5 heterocycles. The minimum atomic E-state index is -1.01. The quantitative estimate of drug-likeness (QED) is 0.296. The Bertz CT molecular complexity index is 1870. The topological polar surface area (TPSA) is 95.4 Å². The van der Waals surface area contributed by atoms with Crippen LogP contribution in [0.15, 0.2) is 82.5 Å². The van der Waals surface area contributed by atoms with Gasteiger partial charge in [0.2, 0.25) is 5.88 Å². The Labute approximate surface area is 206 Å². The van der Waals surface area contributed by atoms with Crippen molar-refractivity contribution in [1.29, 1.82) is 0 Å². The number of hydrogen-bond acceptors (Lipinski definition) is 7. The molecule has 1 aliphatic heterocycles. The van der Waals surface area contributed by atoms with E-state index in [4.69, 9.17) is 25.7 Å². The maximum atomic E-state index is 15.4. The number of para-hydroxylation sites is 1. The SMILES string of the molecule is O=c1oc2ccccc2c2c1C(c1c(F)cccc1Cl)c1c(ncn3nc(-c4ccncc4)nc13)O2. The Balaban J connectivity index is 1.60. The summed E-state index contributed by atoms with van der Waals surface area (Å²) in [5.74, 6) is -0.783. The minimum Gasteiger partial charge on any atom is -0.437 e. The van der Waals surface area contributed by atoms with Gasteiger partial charge in [0.05, 0.1) is 22.4 Å². The molecule has 0 amide bonds. The molecule has 0 bridgehead atoms. The van der Waals surface area contributed by atoms with Gasteiger partial charge in [0.25, 0.3) is 0 Å². The van der Waals surface area contributed by atoms with Gasteiger partial charge >= 0.3 is 5.63 Å². The third-order valence-electron chi connectivity index (χ3n) is 6.19. The van der Waals surface area contributed by atoms with Crippen LogP contribution >= 0.6 is 11.6 Å². The van der Waals surface area contributed by atoms with Gasteiger partial charge in [0.15, 0.2) is 17.2 Å². The summed E-state index contributed by atoms with van der Waals surface area (Å²) in [7, 11) is 0. The van der Waals surface area contributed by atoms with Gasteiger partial charge in [-0.15, -0.1) is 5.10 Å². The molecule has 4 aromatic heterocycles. The summed E-state index contributed by atoms with van der Waals surface area (Å²) >= 11 is 6.54. The summed E-state index contributed by atoms with van der Waals surface area (Å²) in [6.07, 6.45) is 4.73. The van der Waals surface area contributed by atoms with E-state index in [0.29, 0.717) is 28.0 Å². The largest absolute Gasteiger partial charge is 0.437 e. The van der Waals surface area contributed by atoms with Crippen LogP contribution in [0.2, 0.25) is 5.02 Å². The van der Waals surface area contributed by atoms with Gasteiger partial charge in [0.1, 0.15) is 17.7 Å². The van der Waals surface area contributed by atoms with E-state index >= 15 is 4.39 Å². The summed E-state index contributed by atoms with van der Waals surface area (Å²) in [5, 5.41) is 5.22. The van der Waals surface area contributed by atoms with Crippen molar-refractivity contribution in [3.63, 3.8) is 0 Å². The lowest BCUT2D eigenvalue weighted by atomic mass is 9.83. The van der Waals surface area contributed by atoms with Crippen LogP contribution < -0.4 is 10.4 Å². The molecule has 36 heavy (non-hydrogen) atoms. The molecule has 0 N–H and O–H groups in total. The lowest BCUT2D eigenvalue weighted by Gasteiger charge is -2.28. The number of nitrogens with zero attached hydrogens (tertiary/aromatic N) is 5. The highest BCUT2D eigenvalue weighted by Crippen LogP contribution is 2.50. The van der Waals surface area contributed by atoms with Crippen molar-refractivity contribution < 1.29 is 13.5 Å². The van der Waals surface area contributed by atoms with E-state index in [1.165, 1.54) is 23.0 Å². The van der Waals surface area contributed by atoms with Crippen LogP contribution in [0.25, 0.3) is 28.0 Å². The zero-order valence-corrected chi connectivity index (χ0v) is 19.0. The molecular formula is C26H13ClFN5O3. The number of hydrogen-bond donors (Lipinski definition) is 0. The smallest absolute Gasteiger partial charge is 0.344 e. The maximum absolute atomic E-state index is 15.4. The predicted molar refractivity (Wildman–Crippen MR) is 129 cm³/mol. The second-order valence-electron chi connectivity index (χ2n) is 8.20. The highest BCUT2D eigenvalue weighted by Gasteiger charge is 2.39. The van der Waals surface area contributed by atoms with Gasteiger partial charge in [-0.2, -0.15) is 0 Å². The van der Waals surface area contributed by atoms with Crippen molar-refractivity contribution in [2.75, 3.05) is 0 Å². The summed E-state index contributed by atoms with van der Waals surface area (Å²) in [4.78, 5) is 26.6. The molecule has 1 aliphatic rings. The Morgan fingerprint density at radius 1 is 0.972 bits per heavy atom. The molecule has 0 fully saturated rings. The van der Waals surface area contributed by atoms with E-state index in [-0.39, 0.29) is 27.8 Å². The fourth-order valence-electron chi connectivity index (χ4n) is 4.63. The fourth-order valence-corrected chi connectivity index (χ4v) is 4.90. The van der Waals surface area contributed by atoms with Crippen molar-refractivity contribution in [3.8, 4) is 23.0 Å². The molecule has 8 nitrogen and oxygen atoms in total. The van der Waals surface area contributed by atoms with E-state index in [0.717, 1.165) is 5.56 Å². The molecule has 0 radical (unpaired) electrons. The Hall–Kier alpha value is -4.63. The number of pyridine rings is 1. The highest BCUT2D eigenvalue weighted by atomic mass is 35.5. The summed E-state index contributed by atoms with van der Waals surface area (Å²) < 4.78 is 28.7. The first-order valence-corrected chi connectivity index (χ1v) is 11.3. The van der Waals surface area contributed by atoms with Crippen LogP contribution in [0.4, 0.5) is 4.39 Å². The Morgan fingerprint density at radius 3 is 2.64 bits per heavy atom. The molecule has 0 saturated carbocycles. The maximum Gasteiger partial charge on any atom is 0.344 e. The lowest BCUT2D eigenvalue weighted by molar-refractivity contribution is 0.420. The van der Waals surface area contributed by atoms with Gasteiger partial charge in [-0.05, 0) is 36.4 Å². The molecule has 0 spiro atoms. The monoisotopic (exact) mass is 497 g/mol. The summed E-state index contributed by atoms with van der Waals surface area (Å²) in [6, 6.07) is 14.9. The van der Waals surface area contributed by atoms with Crippen LogP contribution in [0, 0.1) is 5.82 Å².